The molecular formula is C24H30F3N5O2. The van der Waals surface area contributed by atoms with Crippen LogP contribution in [0, 0.1) is 5.92 Å². The molecule has 0 radical (unpaired) electrons. The molecule has 4 aliphatic rings. The zero-order valence-corrected chi connectivity index (χ0v) is 18.9. The van der Waals surface area contributed by atoms with Gasteiger partial charge >= 0.3 is 6.18 Å². The summed E-state index contributed by atoms with van der Waals surface area (Å²) in [6, 6.07) is 7.33. The molecule has 1 aliphatic carbocycles. The topological polar surface area (TPSA) is 70.2 Å². The SMILES string of the molecule is FC(F)(F)C1=CC=C(OC2CCNCC2)C2NC(Nc3ccc(N4CCOCC4)cc3)=NCC12. The van der Waals surface area contributed by atoms with Gasteiger partial charge < -0.3 is 30.3 Å². The van der Waals surface area contributed by atoms with Crippen molar-refractivity contribution in [3.63, 3.8) is 0 Å². The van der Waals surface area contributed by atoms with Crippen LogP contribution >= 0.6 is 0 Å². The summed E-state index contributed by atoms with van der Waals surface area (Å²) in [5.74, 6) is 0.168. The highest BCUT2D eigenvalue weighted by Crippen LogP contribution is 2.39. The Bertz CT molecular complexity index is 948. The fraction of sp³-hybridized carbons (Fsp3) is 0.542. The highest BCUT2D eigenvalue weighted by atomic mass is 19.4. The third-order valence-corrected chi connectivity index (χ3v) is 6.70. The molecule has 0 spiro atoms. The highest BCUT2D eigenvalue weighted by molar-refractivity contribution is 5.94. The van der Waals surface area contributed by atoms with Crippen LogP contribution in [0.4, 0.5) is 24.5 Å². The largest absolute Gasteiger partial charge is 0.492 e. The monoisotopic (exact) mass is 477 g/mol. The van der Waals surface area contributed by atoms with Crippen LogP contribution in [0.3, 0.4) is 0 Å². The molecule has 3 aliphatic heterocycles. The average Bonchev–Trinajstić information content (AvgIpc) is 2.85. The minimum atomic E-state index is -4.41. The number of aliphatic imine (C=N–C) groups is 1. The molecule has 0 bridgehead atoms. The summed E-state index contributed by atoms with van der Waals surface area (Å²) in [7, 11) is 0. The Morgan fingerprint density at radius 3 is 2.50 bits per heavy atom. The van der Waals surface area contributed by atoms with Crippen LogP contribution in [0.1, 0.15) is 12.8 Å². The maximum atomic E-state index is 13.7. The number of anilines is 2. The Morgan fingerprint density at radius 1 is 1.06 bits per heavy atom. The van der Waals surface area contributed by atoms with Crippen LogP contribution in [0.25, 0.3) is 0 Å². The number of nitrogens with one attached hydrogen (secondary N) is 3. The predicted molar refractivity (Wildman–Crippen MR) is 125 cm³/mol. The van der Waals surface area contributed by atoms with E-state index < -0.39 is 23.7 Å². The molecule has 1 aromatic carbocycles. The summed E-state index contributed by atoms with van der Waals surface area (Å²) in [6.07, 6.45) is -0.120. The van der Waals surface area contributed by atoms with E-state index in [2.05, 4.69) is 25.8 Å². The minimum absolute atomic E-state index is 0.00112. The summed E-state index contributed by atoms with van der Waals surface area (Å²) in [4.78, 5) is 6.66. The van der Waals surface area contributed by atoms with E-state index in [1.807, 2.05) is 24.3 Å². The summed E-state index contributed by atoms with van der Waals surface area (Å²) in [5, 5.41) is 9.69. The molecule has 0 amide bonds. The molecule has 3 N–H and O–H groups in total. The number of nitrogens with zero attached hydrogens (tertiary/aromatic N) is 2. The first kappa shape index (κ1) is 23.0. The molecule has 2 fully saturated rings. The first-order valence-corrected chi connectivity index (χ1v) is 11.8. The van der Waals surface area contributed by atoms with Crippen molar-refractivity contribution in [3.05, 3.63) is 47.7 Å². The van der Waals surface area contributed by atoms with Gasteiger partial charge in [0.2, 0.25) is 0 Å². The molecule has 10 heteroatoms. The van der Waals surface area contributed by atoms with Gasteiger partial charge in [0.15, 0.2) is 5.96 Å². The number of benzene rings is 1. The van der Waals surface area contributed by atoms with Crippen LogP contribution in [0.15, 0.2) is 52.7 Å². The molecule has 1 aromatic rings. The third kappa shape index (κ3) is 5.17. The summed E-state index contributed by atoms with van der Waals surface area (Å²) < 4.78 is 52.6. The molecule has 2 unspecified atom stereocenters. The predicted octanol–water partition coefficient (Wildman–Crippen LogP) is 3.03. The van der Waals surface area contributed by atoms with Gasteiger partial charge in [-0.3, -0.25) is 4.99 Å². The number of alkyl halides is 3. The fourth-order valence-electron chi connectivity index (χ4n) is 4.85. The van der Waals surface area contributed by atoms with E-state index in [0.717, 1.165) is 56.5 Å². The van der Waals surface area contributed by atoms with E-state index in [1.54, 1.807) is 0 Å². The lowest BCUT2D eigenvalue weighted by Crippen LogP contribution is -2.53. The zero-order chi connectivity index (χ0) is 23.5. The van der Waals surface area contributed by atoms with Crippen LogP contribution in [0.2, 0.25) is 0 Å². The number of rotatable bonds is 4. The van der Waals surface area contributed by atoms with E-state index in [1.165, 1.54) is 6.08 Å². The summed E-state index contributed by atoms with van der Waals surface area (Å²) in [5.41, 5.74) is 1.36. The van der Waals surface area contributed by atoms with Crippen LogP contribution < -0.4 is 20.9 Å². The number of hydrogen-bond acceptors (Lipinski definition) is 7. The first-order valence-electron chi connectivity index (χ1n) is 11.8. The zero-order valence-electron chi connectivity index (χ0n) is 18.9. The van der Waals surface area contributed by atoms with Gasteiger partial charge in [-0.25, -0.2) is 0 Å². The quantitative estimate of drug-likeness (QED) is 0.620. The van der Waals surface area contributed by atoms with Gasteiger partial charge in [-0.05, 0) is 56.3 Å². The van der Waals surface area contributed by atoms with Crippen molar-refractivity contribution in [2.75, 3.05) is 56.2 Å². The average molecular weight is 478 g/mol. The Morgan fingerprint density at radius 2 is 1.79 bits per heavy atom. The van der Waals surface area contributed by atoms with Gasteiger partial charge in [-0.1, -0.05) is 6.08 Å². The Hall–Kier alpha value is -2.72. The lowest BCUT2D eigenvalue weighted by Gasteiger charge is -2.39. The molecule has 2 atom stereocenters. The maximum Gasteiger partial charge on any atom is 0.413 e. The molecule has 5 rings (SSSR count). The summed E-state index contributed by atoms with van der Waals surface area (Å²) >= 11 is 0. The molecule has 0 saturated carbocycles. The van der Waals surface area contributed by atoms with E-state index >= 15 is 0 Å². The number of morpholine rings is 1. The maximum absolute atomic E-state index is 13.7. The number of allylic oxidation sites excluding steroid dienone is 2. The van der Waals surface area contributed by atoms with Gasteiger partial charge in [0.05, 0.1) is 25.8 Å². The molecule has 3 heterocycles. The van der Waals surface area contributed by atoms with Gasteiger partial charge in [0.1, 0.15) is 11.9 Å². The van der Waals surface area contributed by atoms with Crippen molar-refractivity contribution in [1.29, 1.82) is 0 Å². The van der Waals surface area contributed by atoms with E-state index in [-0.39, 0.29) is 12.6 Å². The Balaban J connectivity index is 1.30. The van der Waals surface area contributed by atoms with Gasteiger partial charge in [0, 0.05) is 36.0 Å². The molecule has 34 heavy (non-hydrogen) atoms. The second-order valence-electron chi connectivity index (χ2n) is 8.95. The molecule has 2 saturated heterocycles. The summed E-state index contributed by atoms with van der Waals surface area (Å²) in [6.45, 7) is 4.86. The number of hydrogen-bond donors (Lipinski definition) is 3. The number of fused-ring (bicyclic) bond motifs is 1. The number of piperidine rings is 1. The van der Waals surface area contributed by atoms with Gasteiger partial charge in [-0.2, -0.15) is 13.2 Å². The lowest BCUT2D eigenvalue weighted by atomic mass is 9.84. The van der Waals surface area contributed by atoms with Crippen molar-refractivity contribution >= 4 is 17.3 Å². The smallest absolute Gasteiger partial charge is 0.413 e. The van der Waals surface area contributed by atoms with Crippen LogP contribution in [-0.2, 0) is 9.47 Å². The molecule has 7 nitrogen and oxygen atoms in total. The second kappa shape index (κ2) is 9.87. The number of ether oxygens (including phenoxy) is 2. The number of guanidine groups is 1. The van der Waals surface area contributed by atoms with Crippen molar-refractivity contribution in [1.82, 2.24) is 10.6 Å². The standard InChI is InChI=1S/C24H30F3N5O2/c25-24(26,27)20-5-6-21(34-18-7-9-28-10-8-18)22-19(20)15-29-23(31-22)30-16-1-3-17(4-2-16)32-11-13-33-14-12-32/h1-6,18-19,22,28H,7-15H2,(H2,29,30,31). The van der Waals surface area contributed by atoms with Crippen LogP contribution in [0.5, 0.6) is 0 Å². The van der Waals surface area contributed by atoms with Crippen molar-refractivity contribution in [2.45, 2.75) is 31.2 Å². The third-order valence-electron chi connectivity index (χ3n) is 6.70. The highest BCUT2D eigenvalue weighted by Gasteiger charge is 2.46. The molecule has 184 valence electrons. The fourth-order valence-corrected chi connectivity index (χ4v) is 4.85. The van der Waals surface area contributed by atoms with E-state index in [9.17, 15) is 13.2 Å². The van der Waals surface area contributed by atoms with Gasteiger partial charge in [-0.15, -0.1) is 0 Å². The first-order chi connectivity index (χ1) is 16.5. The van der Waals surface area contributed by atoms with E-state index in [4.69, 9.17) is 9.47 Å². The normalized spacial score (nSPS) is 26.0. The van der Waals surface area contributed by atoms with Crippen molar-refractivity contribution < 1.29 is 22.6 Å². The minimum Gasteiger partial charge on any atom is -0.492 e. The lowest BCUT2D eigenvalue weighted by molar-refractivity contribution is -0.101. The molecular weight excluding hydrogens is 447 g/mol. The Labute approximate surface area is 197 Å². The second-order valence-corrected chi connectivity index (χ2v) is 8.95. The number of halogens is 3. The Kier molecular flexibility index (Phi) is 6.69. The van der Waals surface area contributed by atoms with Gasteiger partial charge in [0.25, 0.3) is 0 Å². The van der Waals surface area contributed by atoms with Crippen molar-refractivity contribution in [3.8, 4) is 0 Å². The van der Waals surface area contributed by atoms with Crippen molar-refractivity contribution in [2.24, 2.45) is 10.9 Å². The molecule has 0 aromatic heterocycles. The van der Waals surface area contributed by atoms with Crippen LogP contribution in [-0.4, -0.2) is 70.2 Å². The van der Waals surface area contributed by atoms with E-state index in [0.29, 0.717) is 24.9 Å².